The quantitative estimate of drug-likeness (QED) is 0.785. The van der Waals surface area contributed by atoms with Gasteiger partial charge in [-0.1, -0.05) is 12.5 Å². The first-order chi connectivity index (χ1) is 14.5. The van der Waals surface area contributed by atoms with E-state index in [1.54, 1.807) is 16.2 Å². The summed E-state index contributed by atoms with van der Waals surface area (Å²) in [4.78, 5) is 39.4. The molecule has 2 aromatic rings. The second-order valence-electron chi connectivity index (χ2n) is 9.30. The Bertz CT molecular complexity index is 1040. The molecule has 7 nitrogen and oxygen atoms in total. The van der Waals surface area contributed by atoms with Gasteiger partial charge in [-0.15, -0.1) is 0 Å². The van der Waals surface area contributed by atoms with Crippen LogP contribution in [0.5, 0.6) is 0 Å². The summed E-state index contributed by atoms with van der Waals surface area (Å²) in [6.45, 7) is 3.56. The molecule has 30 heavy (non-hydrogen) atoms. The lowest BCUT2D eigenvalue weighted by Gasteiger charge is -2.37. The fraction of sp³-hybridized carbons (Fsp3) is 0.609. The molecule has 1 unspecified atom stereocenters. The molecule has 3 aliphatic rings. The summed E-state index contributed by atoms with van der Waals surface area (Å²) < 4.78 is 3.19. The van der Waals surface area contributed by atoms with Crippen LogP contribution in [0.25, 0.3) is 11.0 Å². The van der Waals surface area contributed by atoms with Gasteiger partial charge in [-0.05, 0) is 74.7 Å². The highest BCUT2D eigenvalue weighted by molar-refractivity contribution is 6.00. The van der Waals surface area contributed by atoms with Crippen LogP contribution in [0.1, 0.15) is 62.5 Å². The summed E-state index contributed by atoms with van der Waals surface area (Å²) in [5.74, 6) is 0.778. The molecule has 1 saturated carbocycles. The highest BCUT2D eigenvalue weighted by Crippen LogP contribution is 2.33. The fourth-order valence-corrected chi connectivity index (χ4v) is 5.35. The zero-order chi connectivity index (χ0) is 20.8. The van der Waals surface area contributed by atoms with Gasteiger partial charge in [-0.3, -0.25) is 24.0 Å². The number of carbonyl (C=O) groups excluding carboxylic acids is 2. The Labute approximate surface area is 176 Å². The highest BCUT2D eigenvalue weighted by Gasteiger charge is 2.31. The number of aryl methyl sites for hydroxylation is 1. The van der Waals surface area contributed by atoms with Gasteiger partial charge in [0, 0.05) is 20.0 Å². The van der Waals surface area contributed by atoms with Gasteiger partial charge >= 0.3 is 5.69 Å². The lowest BCUT2D eigenvalue weighted by atomic mass is 9.83. The molecule has 2 aliphatic heterocycles. The summed E-state index contributed by atoms with van der Waals surface area (Å²) >= 11 is 0. The Hall–Kier alpha value is -2.41. The average Bonchev–Trinajstić information content (AvgIpc) is 2.96. The summed E-state index contributed by atoms with van der Waals surface area (Å²) in [5, 5.41) is 2.37. The monoisotopic (exact) mass is 410 g/mol. The number of amides is 2. The van der Waals surface area contributed by atoms with E-state index in [9.17, 15) is 14.4 Å². The molecule has 2 amide bonds. The van der Waals surface area contributed by atoms with Gasteiger partial charge in [0.15, 0.2) is 0 Å². The van der Waals surface area contributed by atoms with E-state index in [0.29, 0.717) is 12.3 Å². The minimum Gasteiger partial charge on any atom is -0.303 e. The Balaban J connectivity index is 1.37. The van der Waals surface area contributed by atoms with Crippen LogP contribution in [0, 0.1) is 5.92 Å². The van der Waals surface area contributed by atoms with Gasteiger partial charge in [0.2, 0.25) is 11.8 Å². The van der Waals surface area contributed by atoms with E-state index in [1.807, 2.05) is 6.07 Å². The van der Waals surface area contributed by atoms with E-state index < -0.39 is 6.04 Å². The predicted octanol–water partition coefficient (Wildman–Crippen LogP) is 2.30. The molecule has 1 N–H and O–H groups in total. The van der Waals surface area contributed by atoms with Gasteiger partial charge in [-0.2, -0.15) is 0 Å². The first kappa shape index (κ1) is 19.5. The van der Waals surface area contributed by atoms with Crippen molar-refractivity contribution in [3.63, 3.8) is 0 Å². The molecule has 160 valence electrons. The fourth-order valence-electron chi connectivity index (χ4n) is 5.35. The predicted molar refractivity (Wildman–Crippen MR) is 114 cm³/mol. The van der Waals surface area contributed by atoms with Gasteiger partial charge in [-0.25, -0.2) is 4.79 Å². The van der Waals surface area contributed by atoms with Crippen molar-refractivity contribution < 1.29 is 9.59 Å². The van der Waals surface area contributed by atoms with Gasteiger partial charge in [0.05, 0.1) is 11.0 Å². The topological polar surface area (TPSA) is 76.3 Å². The maximum atomic E-state index is 12.9. The van der Waals surface area contributed by atoms with Crippen molar-refractivity contribution in [3.8, 4) is 0 Å². The third-order valence-electron chi connectivity index (χ3n) is 7.44. The number of carbonyl (C=O) groups is 2. The molecular formula is C23H30N4O3. The molecule has 7 heteroatoms. The molecule has 1 aliphatic carbocycles. The molecule has 0 spiro atoms. The molecule has 0 bridgehead atoms. The molecule has 2 saturated heterocycles. The van der Waals surface area contributed by atoms with Crippen molar-refractivity contribution in [1.29, 1.82) is 0 Å². The standard InChI is InChI=1S/C23H30N4O3/c1-25-20-13-17(16-9-11-26(12-10-16)14-15-3-2-4-15)5-6-18(20)27(23(25)30)19-7-8-21(28)24-22(19)29/h5-6,13,15-16,19H,2-4,7-12,14H2,1H3,(H,24,28,29). The minimum absolute atomic E-state index is 0.202. The van der Waals surface area contributed by atoms with Crippen LogP contribution < -0.4 is 11.0 Å². The number of imide groups is 1. The first-order valence-electron chi connectivity index (χ1n) is 11.3. The smallest absolute Gasteiger partial charge is 0.303 e. The van der Waals surface area contributed by atoms with Crippen LogP contribution >= 0.6 is 0 Å². The first-order valence-corrected chi connectivity index (χ1v) is 11.3. The highest BCUT2D eigenvalue weighted by atomic mass is 16.2. The number of hydrogen-bond donors (Lipinski definition) is 1. The van der Waals surface area contributed by atoms with Crippen LogP contribution in [0.4, 0.5) is 0 Å². The zero-order valence-corrected chi connectivity index (χ0v) is 17.6. The van der Waals surface area contributed by atoms with Crippen molar-refractivity contribution in [2.45, 2.75) is 56.9 Å². The largest absolute Gasteiger partial charge is 0.329 e. The SMILES string of the molecule is Cn1c(=O)n(C2CCC(=O)NC2=O)c2ccc(C3CCN(CC4CCC4)CC3)cc21. The number of rotatable bonds is 4. The molecule has 1 atom stereocenters. The number of nitrogens with one attached hydrogen (secondary N) is 1. The molecule has 3 heterocycles. The van der Waals surface area contributed by atoms with Crippen LogP contribution in [-0.2, 0) is 16.6 Å². The van der Waals surface area contributed by atoms with Crippen molar-refractivity contribution in [2.75, 3.05) is 19.6 Å². The van der Waals surface area contributed by atoms with Gasteiger partial charge < -0.3 is 4.90 Å². The maximum absolute atomic E-state index is 12.9. The molecular weight excluding hydrogens is 380 g/mol. The number of imidazole rings is 1. The Kier molecular flexibility index (Phi) is 5.01. The van der Waals surface area contributed by atoms with E-state index >= 15 is 0 Å². The summed E-state index contributed by atoms with van der Waals surface area (Å²) in [5.41, 5.74) is 2.70. The van der Waals surface area contributed by atoms with Crippen molar-refractivity contribution in [2.24, 2.45) is 13.0 Å². The summed E-state index contributed by atoms with van der Waals surface area (Å²) in [6.07, 6.45) is 7.13. The average molecular weight is 411 g/mol. The number of fused-ring (bicyclic) bond motifs is 1. The lowest BCUT2D eigenvalue weighted by molar-refractivity contribution is -0.135. The number of nitrogens with zero attached hydrogens (tertiary/aromatic N) is 3. The lowest BCUT2D eigenvalue weighted by Crippen LogP contribution is -2.44. The van der Waals surface area contributed by atoms with Crippen LogP contribution in [0.15, 0.2) is 23.0 Å². The molecule has 3 fully saturated rings. The van der Waals surface area contributed by atoms with Crippen molar-refractivity contribution in [3.05, 3.63) is 34.2 Å². The molecule has 5 rings (SSSR count). The van der Waals surface area contributed by atoms with Gasteiger partial charge in [0.25, 0.3) is 0 Å². The van der Waals surface area contributed by atoms with E-state index in [1.165, 1.54) is 31.4 Å². The van der Waals surface area contributed by atoms with E-state index in [-0.39, 0.29) is 23.9 Å². The zero-order valence-electron chi connectivity index (χ0n) is 17.6. The maximum Gasteiger partial charge on any atom is 0.329 e. The Morgan fingerprint density at radius 3 is 2.43 bits per heavy atom. The number of hydrogen-bond acceptors (Lipinski definition) is 4. The van der Waals surface area contributed by atoms with Crippen LogP contribution in [-0.4, -0.2) is 45.5 Å². The third-order valence-corrected chi connectivity index (χ3v) is 7.44. The molecule has 1 aromatic carbocycles. The normalized spacial score (nSPS) is 24.2. The number of aromatic nitrogens is 2. The van der Waals surface area contributed by atoms with E-state index in [4.69, 9.17) is 0 Å². The van der Waals surface area contributed by atoms with Crippen molar-refractivity contribution in [1.82, 2.24) is 19.4 Å². The van der Waals surface area contributed by atoms with Gasteiger partial charge in [0.1, 0.15) is 6.04 Å². The number of likely N-dealkylation sites (tertiary alicyclic amines) is 1. The van der Waals surface area contributed by atoms with E-state index in [2.05, 4.69) is 22.3 Å². The molecule has 1 aromatic heterocycles. The van der Waals surface area contributed by atoms with Crippen LogP contribution in [0.2, 0.25) is 0 Å². The number of piperidine rings is 2. The Morgan fingerprint density at radius 2 is 1.77 bits per heavy atom. The minimum atomic E-state index is -0.625. The second kappa shape index (κ2) is 7.69. The third kappa shape index (κ3) is 3.39. The number of benzene rings is 1. The summed E-state index contributed by atoms with van der Waals surface area (Å²) in [7, 11) is 1.76. The Morgan fingerprint density at radius 1 is 1.00 bits per heavy atom. The molecule has 0 radical (unpaired) electrons. The second-order valence-corrected chi connectivity index (χ2v) is 9.30. The van der Waals surface area contributed by atoms with Crippen molar-refractivity contribution >= 4 is 22.8 Å². The van der Waals surface area contributed by atoms with E-state index in [0.717, 1.165) is 42.9 Å². The summed E-state index contributed by atoms with van der Waals surface area (Å²) in [6, 6.07) is 5.61. The van der Waals surface area contributed by atoms with Crippen LogP contribution in [0.3, 0.4) is 0 Å².